The molecule has 0 radical (unpaired) electrons. The van der Waals surface area contributed by atoms with Crippen molar-refractivity contribution in [2.45, 2.75) is 6.61 Å². The standard InChI is InChI=1S/C7H6BF3O/c8-4-1-2-6(5(9)3-4)12-7(10)11/h1-3,7H,8H2. The topological polar surface area (TPSA) is 9.23 Å². The van der Waals surface area contributed by atoms with Gasteiger partial charge >= 0.3 is 6.61 Å². The number of ether oxygens (including phenoxy) is 1. The number of benzene rings is 1. The van der Waals surface area contributed by atoms with Crippen LogP contribution in [0.25, 0.3) is 0 Å². The molecule has 5 heteroatoms. The predicted molar refractivity (Wildman–Crippen MR) is 41.2 cm³/mol. The van der Waals surface area contributed by atoms with Gasteiger partial charge in [-0.15, -0.1) is 0 Å². The van der Waals surface area contributed by atoms with E-state index in [-0.39, 0.29) is 0 Å². The first-order valence-electron chi connectivity index (χ1n) is 3.30. The second kappa shape index (κ2) is 3.52. The lowest BCUT2D eigenvalue weighted by atomic mass is 9.96. The Hall–Kier alpha value is -1.13. The Morgan fingerprint density at radius 1 is 1.33 bits per heavy atom. The van der Waals surface area contributed by atoms with Crippen LogP contribution in [0.1, 0.15) is 0 Å². The van der Waals surface area contributed by atoms with Gasteiger partial charge in [0, 0.05) is 0 Å². The van der Waals surface area contributed by atoms with Crippen LogP contribution < -0.4 is 10.2 Å². The van der Waals surface area contributed by atoms with Gasteiger partial charge in [0.1, 0.15) is 7.85 Å². The van der Waals surface area contributed by atoms with Crippen LogP contribution >= 0.6 is 0 Å². The van der Waals surface area contributed by atoms with Crippen LogP contribution in [-0.2, 0) is 0 Å². The lowest BCUT2D eigenvalue weighted by Crippen LogP contribution is -2.07. The minimum Gasteiger partial charge on any atom is -0.432 e. The third-order valence-electron chi connectivity index (χ3n) is 1.30. The van der Waals surface area contributed by atoms with Crippen molar-refractivity contribution in [2.24, 2.45) is 0 Å². The van der Waals surface area contributed by atoms with Crippen LogP contribution in [0.4, 0.5) is 13.2 Å². The summed E-state index contributed by atoms with van der Waals surface area (Å²) >= 11 is 0. The van der Waals surface area contributed by atoms with E-state index in [4.69, 9.17) is 0 Å². The maximum absolute atomic E-state index is 12.8. The largest absolute Gasteiger partial charge is 0.432 e. The quantitative estimate of drug-likeness (QED) is 0.599. The molecular weight excluding hydrogens is 168 g/mol. The molecule has 1 aromatic rings. The lowest BCUT2D eigenvalue weighted by molar-refractivity contribution is -0.0521. The van der Waals surface area contributed by atoms with Gasteiger partial charge in [-0.25, -0.2) is 4.39 Å². The summed E-state index contributed by atoms with van der Waals surface area (Å²) < 4.78 is 39.9. The van der Waals surface area contributed by atoms with E-state index in [2.05, 4.69) is 4.74 Å². The molecule has 0 spiro atoms. The number of rotatable bonds is 2. The highest BCUT2D eigenvalue weighted by Crippen LogP contribution is 2.16. The average molecular weight is 174 g/mol. The van der Waals surface area contributed by atoms with E-state index in [1.54, 1.807) is 7.85 Å². The first kappa shape index (κ1) is 8.97. The average Bonchev–Trinajstić information content (AvgIpc) is 1.94. The highest BCUT2D eigenvalue weighted by atomic mass is 19.3. The third kappa shape index (κ3) is 2.18. The molecule has 0 saturated heterocycles. The van der Waals surface area contributed by atoms with E-state index in [1.807, 2.05) is 0 Å². The molecule has 0 N–H and O–H groups in total. The second-order valence-corrected chi connectivity index (χ2v) is 2.31. The first-order chi connectivity index (χ1) is 5.59. The fourth-order valence-electron chi connectivity index (χ4n) is 0.797. The van der Waals surface area contributed by atoms with E-state index < -0.39 is 18.2 Å². The predicted octanol–water partition coefficient (Wildman–Crippen LogP) is 0.686. The highest BCUT2D eigenvalue weighted by Gasteiger charge is 2.08. The molecule has 12 heavy (non-hydrogen) atoms. The van der Waals surface area contributed by atoms with Gasteiger partial charge in [-0.05, 0) is 12.1 Å². The van der Waals surface area contributed by atoms with Gasteiger partial charge in [0.05, 0.1) is 0 Å². The third-order valence-corrected chi connectivity index (χ3v) is 1.30. The van der Waals surface area contributed by atoms with Crippen molar-refractivity contribution in [2.75, 3.05) is 0 Å². The molecule has 64 valence electrons. The van der Waals surface area contributed by atoms with Crippen LogP contribution in [0.5, 0.6) is 5.75 Å². The summed E-state index contributed by atoms with van der Waals surface area (Å²) in [6.45, 7) is -2.98. The number of hydrogen-bond acceptors (Lipinski definition) is 1. The Kier molecular flexibility index (Phi) is 2.63. The van der Waals surface area contributed by atoms with E-state index in [0.29, 0.717) is 5.46 Å². The van der Waals surface area contributed by atoms with Gasteiger partial charge in [0.25, 0.3) is 0 Å². The Morgan fingerprint density at radius 2 is 2.00 bits per heavy atom. The summed E-state index contributed by atoms with van der Waals surface area (Å²) in [5, 5.41) is 0. The minimum absolute atomic E-state index is 0.421. The summed E-state index contributed by atoms with van der Waals surface area (Å²) in [5.74, 6) is -1.19. The van der Waals surface area contributed by atoms with Gasteiger partial charge in [-0.3, -0.25) is 0 Å². The minimum atomic E-state index is -2.98. The maximum Gasteiger partial charge on any atom is 0.387 e. The summed E-state index contributed by atoms with van der Waals surface area (Å²) in [6.07, 6.45) is 0. The number of alkyl halides is 2. The molecule has 0 aliphatic heterocycles. The summed E-state index contributed by atoms with van der Waals surface area (Å²) in [4.78, 5) is 0. The van der Waals surface area contributed by atoms with Crippen molar-refractivity contribution in [3.63, 3.8) is 0 Å². The SMILES string of the molecule is Bc1ccc(OC(F)F)c(F)c1. The van der Waals surface area contributed by atoms with E-state index in [0.717, 1.165) is 6.07 Å². The van der Waals surface area contributed by atoms with E-state index in [9.17, 15) is 13.2 Å². The van der Waals surface area contributed by atoms with Gasteiger partial charge < -0.3 is 4.74 Å². The molecule has 0 aliphatic rings. The molecule has 0 atom stereocenters. The molecule has 0 heterocycles. The van der Waals surface area contributed by atoms with Crippen LogP contribution in [-0.4, -0.2) is 14.5 Å². The zero-order valence-corrected chi connectivity index (χ0v) is 6.35. The smallest absolute Gasteiger partial charge is 0.387 e. The molecule has 0 bridgehead atoms. The fourth-order valence-corrected chi connectivity index (χ4v) is 0.797. The molecule has 0 saturated carbocycles. The summed E-state index contributed by atoms with van der Waals surface area (Å²) in [6, 6.07) is 3.81. The molecule has 0 amide bonds. The van der Waals surface area contributed by atoms with Crippen LogP contribution in [0.3, 0.4) is 0 Å². The summed E-state index contributed by atoms with van der Waals surface area (Å²) in [5.41, 5.74) is 0.661. The Labute approximate surface area is 68.6 Å². The number of halogens is 3. The molecule has 0 unspecified atom stereocenters. The van der Waals surface area contributed by atoms with Crippen LogP contribution in [0.2, 0.25) is 0 Å². The van der Waals surface area contributed by atoms with Crippen molar-refractivity contribution in [1.82, 2.24) is 0 Å². The second-order valence-electron chi connectivity index (χ2n) is 2.31. The normalized spacial score (nSPS) is 10.3. The van der Waals surface area contributed by atoms with Crippen molar-refractivity contribution in [1.29, 1.82) is 0 Å². The van der Waals surface area contributed by atoms with Gasteiger partial charge in [-0.1, -0.05) is 11.5 Å². The van der Waals surface area contributed by atoms with Crippen molar-refractivity contribution in [3.05, 3.63) is 24.0 Å². The molecule has 1 rings (SSSR count). The number of hydrogen-bond donors (Lipinski definition) is 0. The molecule has 0 fully saturated rings. The monoisotopic (exact) mass is 174 g/mol. The van der Waals surface area contributed by atoms with E-state index >= 15 is 0 Å². The highest BCUT2D eigenvalue weighted by molar-refractivity contribution is 6.32. The lowest BCUT2D eigenvalue weighted by Gasteiger charge is -2.05. The van der Waals surface area contributed by atoms with E-state index in [1.165, 1.54) is 12.1 Å². The van der Waals surface area contributed by atoms with Gasteiger partial charge in [0.2, 0.25) is 0 Å². The van der Waals surface area contributed by atoms with Crippen LogP contribution in [0.15, 0.2) is 18.2 Å². The van der Waals surface area contributed by atoms with Gasteiger partial charge in [-0.2, -0.15) is 8.78 Å². The van der Waals surface area contributed by atoms with Crippen LogP contribution in [0, 0.1) is 5.82 Å². The molecule has 1 aromatic carbocycles. The van der Waals surface area contributed by atoms with Crippen molar-refractivity contribution < 1.29 is 17.9 Å². The van der Waals surface area contributed by atoms with Crippen molar-refractivity contribution in [3.8, 4) is 5.75 Å². The molecule has 1 nitrogen and oxygen atoms in total. The Morgan fingerprint density at radius 3 is 2.50 bits per heavy atom. The van der Waals surface area contributed by atoms with Gasteiger partial charge in [0.15, 0.2) is 11.6 Å². The molecule has 0 aliphatic carbocycles. The Balaban J connectivity index is 2.86. The first-order valence-corrected chi connectivity index (χ1v) is 3.30. The summed E-state index contributed by atoms with van der Waals surface area (Å²) in [7, 11) is 1.66. The fraction of sp³-hybridized carbons (Fsp3) is 0.143. The van der Waals surface area contributed by atoms with Crippen molar-refractivity contribution >= 4 is 13.3 Å². The molecular formula is C7H6BF3O. The zero-order valence-electron chi connectivity index (χ0n) is 6.35. The Bertz CT molecular complexity index is 277. The molecule has 0 aromatic heterocycles. The maximum atomic E-state index is 12.8. The zero-order chi connectivity index (χ0) is 9.14.